The molecule has 1 aliphatic rings. The molecule has 1 aliphatic heterocycles. The highest BCUT2D eigenvalue weighted by Gasteiger charge is 2.38. The highest BCUT2D eigenvalue weighted by molar-refractivity contribution is 5.89. The van der Waals surface area contributed by atoms with Crippen molar-refractivity contribution in [2.24, 2.45) is 11.3 Å². The summed E-state index contributed by atoms with van der Waals surface area (Å²) in [6.45, 7) is 19.2. The molecule has 3 heteroatoms. The van der Waals surface area contributed by atoms with E-state index in [0.29, 0.717) is 11.8 Å². The first-order valence-electron chi connectivity index (χ1n) is 8.15. The zero-order valence-electron chi connectivity index (χ0n) is 14.6. The molecule has 1 saturated heterocycles. The molecule has 0 saturated carbocycles. The molecular formula is C17H34N2O. The third-order valence-electron chi connectivity index (χ3n) is 4.23. The fourth-order valence-electron chi connectivity index (χ4n) is 2.85. The van der Waals surface area contributed by atoms with E-state index < -0.39 is 0 Å². The summed E-state index contributed by atoms with van der Waals surface area (Å²) in [5.41, 5.74) is -0.251. The highest BCUT2D eigenvalue weighted by atomic mass is 16.1. The molecule has 1 rings (SSSR count). The van der Waals surface area contributed by atoms with Gasteiger partial charge in [-0.1, -0.05) is 34.6 Å². The summed E-state index contributed by atoms with van der Waals surface area (Å²) in [4.78, 5) is 17.6. The Hall–Kier alpha value is -0.410. The normalized spacial score (nSPS) is 22.8. The molecule has 0 bridgehead atoms. The lowest BCUT2D eigenvalue weighted by Gasteiger charge is -2.44. The SMILES string of the molecule is CC(C)CCN1CCN(C(C)C)[C@H](C(=O)C(C)(C)C)C1. The molecule has 0 radical (unpaired) electrons. The maximum absolute atomic E-state index is 12.7. The predicted molar refractivity (Wildman–Crippen MR) is 86.0 cm³/mol. The van der Waals surface area contributed by atoms with Crippen LogP contribution in [0.2, 0.25) is 0 Å². The fraction of sp³-hybridized carbons (Fsp3) is 0.941. The molecule has 0 spiro atoms. The molecule has 0 aromatic heterocycles. The van der Waals surface area contributed by atoms with Crippen LogP contribution in [0, 0.1) is 11.3 Å². The molecule has 0 amide bonds. The number of hydrogen-bond acceptors (Lipinski definition) is 3. The zero-order chi connectivity index (χ0) is 15.5. The number of piperazine rings is 1. The van der Waals surface area contributed by atoms with E-state index in [1.165, 1.54) is 6.42 Å². The average Bonchev–Trinajstić information content (AvgIpc) is 2.33. The van der Waals surface area contributed by atoms with Crippen LogP contribution in [-0.4, -0.2) is 53.8 Å². The van der Waals surface area contributed by atoms with E-state index in [1.807, 2.05) is 20.8 Å². The van der Waals surface area contributed by atoms with Crippen molar-refractivity contribution in [3.05, 3.63) is 0 Å². The standard InChI is InChI=1S/C17H34N2O/c1-13(2)8-9-18-10-11-19(14(3)4)15(12-18)16(20)17(5,6)7/h13-15H,8-12H2,1-7H3/t15-/m0/s1. The molecule has 1 atom stereocenters. The van der Waals surface area contributed by atoms with Gasteiger partial charge >= 0.3 is 0 Å². The number of Topliss-reactive ketones (excluding diaryl/α,β-unsaturated/α-hetero) is 1. The Kier molecular flexibility index (Phi) is 6.21. The molecule has 118 valence electrons. The second-order valence-electron chi connectivity index (χ2n) is 7.94. The van der Waals surface area contributed by atoms with Crippen LogP contribution in [0.5, 0.6) is 0 Å². The molecule has 0 unspecified atom stereocenters. The molecular weight excluding hydrogens is 248 g/mol. The Morgan fingerprint density at radius 2 is 1.75 bits per heavy atom. The average molecular weight is 282 g/mol. The van der Waals surface area contributed by atoms with Gasteiger partial charge in [0, 0.05) is 31.1 Å². The van der Waals surface area contributed by atoms with E-state index in [1.54, 1.807) is 0 Å². The van der Waals surface area contributed by atoms with Crippen LogP contribution in [0.3, 0.4) is 0 Å². The summed E-state index contributed by atoms with van der Waals surface area (Å²) < 4.78 is 0. The lowest BCUT2D eigenvalue weighted by atomic mass is 9.84. The van der Waals surface area contributed by atoms with Crippen molar-refractivity contribution < 1.29 is 4.79 Å². The van der Waals surface area contributed by atoms with Gasteiger partial charge in [-0.3, -0.25) is 9.69 Å². The molecule has 0 aromatic rings. The number of carbonyl (C=O) groups is 1. The maximum Gasteiger partial charge on any atom is 0.156 e. The van der Waals surface area contributed by atoms with Crippen LogP contribution in [-0.2, 0) is 4.79 Å². The minimum atomic E-state index is -0.251. The van der Waals surface area contributed by atoms with Crippen molar-refractivity contribution in [1.82, 2.24) is 9.80 Å². The van der Waals surface area contributed by atoms with Gasteiger partial charge in [0.15, 0.2) is 5.78 Å². The smallest absolute Gasteiger partial charge is 0.156 e. The first-order valence-corrected chi connectivity index (χ1v) is 8.15. The highest BCUT2D eigenvalue weighted by Crippen LogP contribution is 2.24. The quantitative estimate of drug-likeness (QED) is 0.774. The molecule has 0 aliphatic carbocycles. The molecule has 1 heterocycles. The lowest BCUT2D eigenvalue weighted by Crippen LogP contribution is -2.60. The Morgan fingerprint density at radius 3 is 2.20 bits per heavy atom. The third kappa shape index (κ3) is 4.85. The number of hydrogen-bond donors (Lipinski definition) is 0. The van der Waals surface area contributed by atoms with Gasteiger partial charge in [-0.25, -0.2) is 0 Å². The van der Waals surface area contributed by atoms with Crippen molar-refractivity contribution in [2.45, 2.75) is 67.0 Å². The molecule has 1 fully saturated rings. The van der Waals surface area contributed by atoms with Crippen molar-refractivity contribution >= 4 is 5.78 Å². The topological polar surface area (TPSA) is 23.6 Å². The van der Waals surface area contributed by atoms with Gasteiger partial charge < -0.3 is 4.90 Å². The number of carbonyl (C=O) groups excluding carboxylic acids is 1. The van der Waals surface area contributed by atoms with Crippen LogP contribution in [0.1, 0.15) is 54.9 Å². The molecule has 3 nitrogen and oxygen atoms in total. The van der Waals surface area contributed by atoms with Gasteiger partial charge in [0.05, 0.1) is 6.04 Å². The maximum atomic E-state index is 12.7. The van der Waals surface area contributed by atoms with E-state index in [9.17, 15) is 4.79 Å². The minimum Gasteiger partial charge on any atom is -0.300 e. The number of ketones is 1. The van der Waals surface area contributed by atoms with Gasteiger partial charge in [-0.2, -0.15) is 0 Å². The Labute approximate surface area is 125 Å². The van der Waals surface area contributed by atoms with Crippen molar-refractivity contribution in [3.8, 4) is 0 Å². The summed E-state index contributed by atoms with van der Waals surface area (Å²) in [6.07, 6.45) is 1.22. The Balaban J connectivity index is 2.75. The zero-order valence-corrected chi connectivity index (χ0v) is 14.6. The largest absolute Gasteiger partial charge is 0.300 e. The van der Waals surface area contributed by atoms with Gasteiger partial charge in [0.25, 0.3) is 0 Å². The predicted octanol–water partition coefficient (Wildman–Crippen LogP) is 3.04. The van der Waals surface area contributed by atoms with E-state index in [0.717, 1.165) is 32.1 Å². The summed E-state index contributed by atoms with van der Waals surface area (Å²) >= 11 is 0. The van der Waals surface area contributed by atoms with Crippen LogP contribution < -0.4 is 0 Å². The second-order valence-corrected chi connectivity index (χ2v) is 7.94. The van der Waals surface area contributed by atoms with Gasteiger partial charge in [0.1, 0.15) is 0 Å². The van der Waals surface area contributed by atoms with E-state index in [-0.39, 0.29) is 11.5 Å². The number of rotatable bonds is 5. The Bertz CT molecular complexity index is 317. The lowest BCUT2D eigenvalue weighted by molar-refractivity contribution is -0.135. The third-order valence-corrected chi connectivity index (χ3v) is 4.23. The minimum absolute atomic E-state index is 0.0657. The first-order chi connectivity index (χ1) is 9.12. The van der Waals surface area contributed by atoms with Gasteiger partial charge in [0.2, 0.25) is 0 Å². The molecule has 0 N–H and O–H groups in total. The fourth-order valence-corrected chi connectivity index (χ4v) is 2.85. The summed E-state index contributed by atoms with van der Waals surface area (Å²) in [5, 5.41) is 0. The monoisotopic (exact) mass is 282 g/mol. The summed E-state index contributed by atoms with van der Waals surface area (Å²) in [6, 6.07) is 0.509. The van der Waals surface area contributed by atoms with E-state index in [2.05, 4.69) is 37.5 Å². The molecule has 0 aromatic carbocycles. The van der Waals surface area contributed by atoms with Gasteiger partial charge in [-0.15, -0.1) is 0 Å². The van der Waals surface area contributed by atoms with Gasteiger partial charge in [-0.05, 0) is 32.7 Å². The van der Waals surface area contributed by atoms with Crippen LogP contribution in [0.4, 0.5) is 0 Å². The summed E-state index contributed by atoms with van der Waals surface area (Å²) in [5.74, 6) is 1.12. The van der Waals surface area contributed by atoms with Crippen LogP contribution in [0.15, 0.2) is 0 Å². The van der Waals surface area contributed by atoms with Crippen molar-refractivity contribution in [2.75, 3.05) is 26.2 Å². The Morgan fingerprint density at radius 1 is 1.15 bits per heavy atom. The molecule has 20 heavy (non-hydrogen) atoms. The van der Waals surface area contributed by atoms with Crippen molar-refractivity contribution in [1.29, 1.82) is 0 Å². The first kappa shape index (κ1) is 17.6. The van der Waals surface area contributed by atoms with Crippen LogP contribution >= 0.6 is 0 Å². The second kappa shape index (κ2) is 7.04. The van der Waals surface area contributed by atoms with E-state index >= 15 is 0 Å². The van der Waals surface area contributed by atoms with Crippen molar-refractivity contribution in [3.63, 3.8) is 0 Å². The summed E-state index contributed by atoms with van der Waals surface area (Å²) in [7, 11) is 0. The number of nitrogens with zero attached hydrogens (tertiary/aromatic N) is 2. The van der Waals surface area contributed by atoms with Crippen LogP contribution in [0.25, 0.3) is 0 Å². The van der Waals surface area contributed by atoms with E-state index in [4.69, 9.17) is 0 Å².